The Labute approximate surface area is 352 Å². The lowest BCUT2D eigenvalue weighted by molar-refractivity contribution is -0.134. The van der Waals surface area contributed by atoms with Gasteiger partial charge in [-0.05, 0) is 64.2 Å². The van der Waals surface area contributed by atoms with Gasteiger partial charge in [0.2, 0.25) is 17.8 Å². The van der Waals surface area contributed by atoms with Crippen LogP contribution in [0.2, 0.25) is 5.02 Å². The van der Waals surface area contributed by atoms with Gasteiger partial charge in [0.15, 0.2) is 18.2 Å². The first-order valence-corrected chi connectivity index (χ1v) is 21.0. The van der Waals surface area contributed by atoms with Gasteiger partial charge in [0.25, 0.3) is 11.5 Å². The van der Waals surface area contributed by atoms with E-state index in [0.717, 1.165) is 74.4 Å². The molecule has 1 aromatic carbocycles. The van der Waals surface area contributed by atoms with Crippen molar-refractivity contribution >= 4 is 74.4 Å². The van der Waals surface area contributed by atoms with Crippen LogP contribution in [0, 0.1) is 5.92 Å². The maximum Gasteiger partial charge on any atom is 0.294 e. The lowest BCUT2D eigenvalue weighted by Crippen LogP contribution is -2.54. The molecule has 0 spiro atoms. The molecule has 0 aliphatic carbocycles. The third-order valence-electron chi connectivity index (χ3n) is 11.9. The molecule has 8 rings (SSSR count). The predicted molar refractivity (Wildman–Crippen MR) is 230 cm³/mol. The summed E-state index contributed by atoms with van der Waals surface area (Å²) in [7, 11) is 3.44. The summed E-state index contributed by atoms with van der Waals surface area (Å²) in [6, 6.07) is 9.75. The van der Waals surface area contributed by atoms with Crippen molar-refractivity contribution in [2.24, 2.45) is 13.0 Å². The van der Waals surface area contributed by atoms with E-state index in [4.69, 9.17) is 26.4 Å². The Morgan fingerprint density at radius 1 is 1.03 bits per heavy atom. The molecule has 3 aliphatic rings. The standard InChI is InChI=1S/C42H51ClN12O5/c1-24(2)55-39-27(18-33(41(55)59)60-23-35(57)44-4)17-28(19-45-39)47-38-31(43)20-46-42(49-38)54-16-15-53(25(3)21-54)22-26-11-13-52(14-12-26)32-8-6-7-29-36(50-51(5)37(29)32)30-9-10-34(56)48-40(30)58/h6-8,17-20,24-26,30H,9-16,21-23H2,1-5H3,(H,44,57)(H,46,47,49)(H,48,56,58). The first-order chi connectivity index (χ1) is 28.9. The summed E-state index contributed by atoms with van der Waals surface area (Å²) in [5, 5.41) is 15.0. The topological polar surface area (TPSA) is 185 Å². The van der Waals surface area contributed by atoms with Crippen molar-refractivity contribution in [1.82, 2.24) is 44.8 Å². The van der Waals surface area contributed by atoms with Crippen LogP contribution in [0.15, 0.2) is 47.5 Å². The second kappa shape index (κ2) is 17.0. The summed E-state index contributed by atoms with van der Waals surface area (Å²) < 4.78 is 9.03. The van der Waals surface area contributed by atoms with E-state index >= 15 is 0 Å². The summed E-state index contributed by atoms with van der Waals surface area (Å²) in [5.41, 5.74) is 3.63. The number of carbonyl (C=O) groups excluding carboxylic acids is 3. The molecule has 17 nitrogen and oxygen atoms in total. The molecular weight excluding hydrogens is 788 g/mol. The maximum absolute atomic E-state index is 13.2. The summed E-state index contributed by atoms with van der Waals surface area (Å²) in [4.78, 5) is 70.8. The fraction of sp³-hybridized carbons (Fsp3) is 0.476. The molecule has 2 unspecified atom stereocenters. The van der Waals surface area contributed by atoms with Crippen molar-refractivity contribution in [2.75, 3.05) is 68.0 Å². The molecule has 3 amide bonds. The van der Waals surface area contributed by atoms with Gasteiger partial charge < -0.3 is 25.2 Å². The number of ether oxygens (including phenoxy) is 1. The zero-order valence-electron chi connectivity index (χ0n) is 34.6. The number of carbonyl (C=O) groups is 3. The minimum absolute atomic E-state index is 0.0573. The number of para-hydroxylation sites is 1. The zero-order valence-corrected chi connectivity index (χ0v) is 35.3. The number of hydrogen-bond acceptors (Lipinski definition) is 13. The number of likely N-dealkylation sites (N-methyl/N-ethyl adjacent to an activating group) is 1. The summed E-state index contributed by atoms with van der Waals surface area (Å²) in [6.07, 6.45) is 6.17. The molecule has 0 saturated carbocycles. The quantitative estimate of drug-likeness (QED) is 0.162. The number of halogens is 1. The molecule has 7 heterocycles. The Morgan fingerprint density at radius 3 is 2.57 bits per heavy atom. The third-order valence-corrected chi connectivity index (χ3v) is 12.2. The van der Waals surface area contributed by atoms with E-state index < -0.39 is 5.92 Å². The van der Waals surface area contributed by atoms with Gasteiger partial charge in [0, 0.05) is 82.6 Å². The number of piperidine rings is 2. The smallest absolute Gasteiger partial charge is 0.294 e. The van der Waals surface area contributed by atoms with Crippen LogP contribution in [0.1, 0.15) is 64.1 Å². The molecule has 3 aliphatic heterocycles. The van der Waals surface area contributed by atoms with Crippen molar-refractivity contribution in [3.63, 3.8) is 0 Å². The number of piperazine rings is 1. The van der Waals surface area contributed by atoms with E-state index in [9.17, 15) is 19.2 Å². The number of imide groups is 1. The molecule has 3 fully saturated rings. The highest BCUT2D eigenvalue weighted by molar-refractivity contribution is 6.33. The molecule has 3 saturated heterocycles. The molecule has 3 N–H and O–H groups in total. The molecular formula is C42H51ClN12O5. The second-order valence-corrected chi connectivity index (χ2v) is 16.7. The number of anilines is 4. The van der Waals surface area contributed by atoms with Crippen LogP contribution in [-0.2, 0) is 21.4 Å². The summed E-state index contributed by atoms with van der Waals surface area (Å²) in [6.45, 7) is 11.0. The maximum atomic E-state index is 13.2. The number of aryl methyl sites for hydroxylation is 1. The van der Waals surface area contributed by atoms with Gasteiger partial charge in [-0.15, -0.1) is 0 Å². The molecule has 5 aromatic rings. The zero-order chi connectivity index (χ0) is 42.2. The van der Waals surface area contributed by atoms with Crippen LogP contribution in [0.5, 0.6) is 5.75 Å². The van der Waals surface area contributed by atoms with Crippen molar-refractivity contribution < 1.29 is 19.1 Å². The Morgan fingerprint density at radius 2 is 1.83 bits per heavy atom. The largest absolute Gasteiger partial charge is 0.478 e. The van der Waals surface area contributed by atoms with Crippen molar-refractivity contribution in [2.45, 2.75) is 64.5 Å². The molecule has 18 heteroatoms. The number of hydrogen-bond donors (Lipinski definition) is 3. The van der Waals surface area contributed by atoms with E-state index in [1.54, 1.807) is 23.0 Å². The van der Waals surface area contributed by atoms with Gasteiger partial charge >= 0.3 is 0 Å². The molecule has 316 valence electrons. The van der Waals surface area contributed by atoms with Gasteiger partial charge in [0.05, 0.1) is 40.9 Å². The minimum Gasteiger partial charge on any atom is -0.478 e. The van der Waals surface area contributed by atoms with E-state index in [2.05, 4.69) is 53.6 Å². The first kappa shape index (κ1) is 40.9. The van der Waals surface area contributed by atoms with Crippen LogP contribution < -0.4 is 36.0 Å². The minimum atomic E-state index is -0.430. The highest BCUT2D eigenvalue weighted by atomic mass is 35.5. The average Bonchev–Trinajstić information content (AvgIpc) is 3.57. The number of aromatic nitrogens is 6. The SMILES string of the molecule is CNC(=O)COc1cc2cc(Nc3nc(N4CCN(CC5CCN(c6cccc7c(C8CCC(=O)NC8=O)nn(C)c67)CC5)C(C)C4)ncc3Cl)cnc2n(C(C)C)c1=O. The van der Waals surface area contributed by atoms with Crippen LogP contribution in [-0.4, -0.2) is 111 Å². The van der Waals surface area contributed by atoms with Gasteiger partial charge in [-0.2, -0.15) is 10.1 Å². The molecule has 60 heavy (non-hydrogen) atoms. The van der Waals surface area contributed by atoms with Gasteiger partial charge in [0.1, 0.15) is 10.7 Å². The Bertz CT molecular complexity index is 2510. The van der Waals surface area contributed by atoms with E-state index in [1.807, 2.05) is 43.8 Å². The van der Waals surface area contributed by atoms with E-state index in [1.165, 1.54) is 7.05 Å². The van der Waals surface area contributed by atoms with E-state index in [0.29, 0.717) is 52.3 Å². The predicted octanol–water partition coefficient (Wildman–Crippen LogP) is 4.12. The van der Waals surface area contributed by atoms with Crippen LogP contribution in [0.3, 0.4) is 0 Å². The third kappa shape index (κ3) is 8.19. The van der Waals surface area contributed by atoms with Gasteiger partial charge in [-0.3, -0.25) is 38.6 Å². The number of nitrogens with one attached hydrogen (secondary N) is 3. The number of nitrogens with zero attached hydrogens (tertiary/aromatic N) is 9. The van der Waals surface area contributed by atoms with Crippen molar-refractivity contribution in [1.29, 1.82) is 0 Å². The summed E-state index contributed by atoms with van der Waals surface area (Å²) in [5.74, 6) is 0.372. The van der Waals surface area contributed by atoms with Crippen molar-refractivity contribution in [3.8, 4) is 5.75 Å². The Kier molecular flexibility index (Phi) is 11.6. The van der Waals surface area contributed by atoms with Gasteiger partial charge in [-0.1, -0.05) is 23.7 Å². The average molecular weight is 839 g/mol. The highest BCUT2D eigenvalue weighted by Gasteiger charge is 2.34. The van der Waals surface area contributed by atoms with Crippen molar-refractivity contribution in [3.05, 3.63) is 63.8 Å². The molecule has 0 radical (unpaired) electrons. The number of rotatable bonds is 11. The van der Waals surface area contributed by atoms with Gasteiger partial charge in [-0.25, -0.2) is 9.97 Å². The monoisotopic (exact) mass is 838 g/mol. The highest BCUT2D eigenvalue weighted by Crippen LogP contribution is 2.36. The normalized spacial score (nSPS) is 19.3. The van der Waals surface area contributed by atoms with E-state index in [-0.39, 0.29) is 47.7 Å². The summed E-state index contributed by atoms with van der Waals surface area (Å²) >= 11 is 6.62. The van der Waals surface area contributed by atoms with Crippen LogP contribution >= 0.6 is 11.6 Å². The number of amides is 3. The fourth-order valence-corrected chi connectivity index (χ4v) is 8.89. The first-order valence-electron chi connectivity index (χ1n) is 20.6. The molecule has 4 aromatic heterocycles. The number of benzene rings is 1. The lowest BCUT2D eigenvalue weighted by atomic mass is 9.92. The van der Waals surface area contributed by atoms with Crippen LogP contribution in [0.25, 0.3) is 21.9 Å². The molecule has 2 atom stereocenters. The molecule has 0 bridgehead atoms. The lowest BCUT2D eigenvalue weighted by Gasteiger charge is -2.43. The van der Waals surface area contributed by atoms with Crippen LogP contribution in [0.4, 0.5) is 23.1 Å². The Hall–Kier alpha value is -5.81. The number of fused-ring (bicyclic) bond motifs is 2. The Balaban J connectivity index is 0.895. The number of pyridine rings is 2. The second-order valence-electron chi connectivity index (χ2n) is 16.3. The fourth-order valence-electron chi connectivity index (χ4n) is 8.75.